The summed E-state index contributed by atoms with van der Waals surface area (Å²) in [5.41, 5.74) is 2.52. The lowest BCUT2D eigenvalue weighted by atomic mass is 10.0. The molecule has 0 N–H and O–H groups in total. The first-order chi connectivity index (χ1) is 15.2. The Morgan fingerprint density at radius 2 is 1.74 bits per heavy atom. The van der Waals surface area contributed by atoms with Crippen molar-refractivity contribution < 1.29 is 13.9 Å². The average molecular weight is 441 g/mol. The second kappa shape index (κ2) is 9.01. The van der Waals surface area contributed by atoms with Crippen molar-refractivity contribution in [1.82, 2.24) is 9.80 Å². The Morgan fingerprint density at radius 1 is 0.968 bits per heavy atom. The normalized spacial score (nSPS) is 17.5. The van der Waals surface area contributed by atoms with Gasteiger partial charge in [-0.15, -0.1) is 0 Å². The fourth-order valence-corrected chi connectivity index (χ4v) is 4.38. The van der Waals surface area contributed by atoms with Crippen LogP contribution in [-0.4, -0.2) is 55.9 Å². The fraction of sp³-hybridized carbons (Fsp3) is 0.375. The van der Waals surface area contributed by atoms with E-state index in [0.717, 1.165) is 68.1 Å². The topological polar surface area (TPSA) is 55.2 Å². The molecule has 1 fully saturated rings. The zero-order valence-electron chi connectivity index (χ0n) is 17.3. The SMILES string of the molecule is O=c1oc2c3c(ccc2cc1-c1ccc(Cl)cc1)OCN(CCCN1CCOCC1)C3. The number of fused-ring (bicyclic) bond motifs is 3. The van der Waals surface area contributed by atoms with E-state index < -0.39 is 0 Å². The van der Waals surface area contributed by atoms with Crippen molar-refractivity contribution in [2.24, 2.45) is 0 Å². The van der Waals surface area contributed by atoms with E-state index in [9.17, 15) is 4.79 Å². The average Bonchev–Trinajstić information content (AvgIpc) is 2.80. The van der Waals surface area contributed by atoms with Gasteiger partial charge in [-0.25, -0.2) is 4.79 Å². The van der Waals surface area contributed by atoms with E-state index in [1.54, 1.807) is 12.1 Å². The van der Waals surface area contributed by atoms with Gasteiger partial charge >= 0.3 is 5.63 Å². The van der Waals surface area contributed by atoms with Crippen molar-refractivity contribution >= 4 is 22.6 Å². The van der Waals surface area contributed by atoms with Crippen molar-refractivity contribution in [3.05, 3.63) is 63.5 Å². The first-order valence-electron chi connectivity index (χ1n) is 10.7. The molecular weight excluding hydrogens is 416 g/mol. The third-order valence-corrected chi connectivity index (χ3v) is 6.21. The maximum atomic E-state index is 12.8. The lowest BCUT2D eigenvalue weighted by Gasteiger charge is -2.31. The first-order valence-corrected chi connectivity index (χ1v) is 11.1. The molecule has 0 atom stereocenters. The molecule has 2 aromatic carbocycles. The van der Waals surface area contributed by atoms with Gasteiger partial charge in [-0.3, -0.25) is 9.80 Å². The van der Waals surface area contributed by atoms with Gasteiger partial charge in [0.25, 0.3) is 0 Å². The van der Waals surface area contributed by atoms with Crippen LogP contribution in [0, 0.1) is 0 Å². The van der Waals surface area contributed by atoms with Crippen LogP contribution in [0.1, 0.15) is 12.0 Å². The summed E-state index contributed by atoms with van der Waals surface area (Å²) < 4.78 is 17.2. The molecule has 0 radical (unpaired) electrons. The van der Waals surface area contributed by atoms with Crippen molar-refractivity contribution in [2.45, 2.75) is 13.0 Å². The summed E-state index contributed by atoms with van der Waals surface area (Å²) in [5, 5.41) is 1.52. The minimum atomic E-state index is -0.354. The summed E-state index contributed by atoms with van der Waals surface area (Å²) in [7, 11) is 0. The van der Waals surface area contributed by atoms with Crippen LogP contribution in [0.5, 0.6) is 5.75 Å². The monoisotopic (exact) mass is 440 g/mol. The largest absolute Gasteiger partial charge is 0.478 e. The van der Waals surface area contributed by atoms with Crippen molar-refractivity contribution in [3.63, 3.8) is 0 Å². The fourth-order valence-electron chi connectivity index (χ4n) is 4.26. The molecule has 0 saturated carbocycles. The van der Waals surface area contributed by atoms with E-state index in [1.165, 1.54) is 0 Å². The molecule has 1 saturated heterocycles. The van der Waals surface area contributed by atoms with E-state index in [-0.39, 0.29) is 5.63 Å². The molecule has 0 spiro atoms. The zero-order valence-corrected chi connectivity index (χ0v) is 18.1. The highest BCUT2D eigenvalue weighted by Gasteiger charge is 2.22. The predicted molar refractivity (Wildman–Crippen MR) is 121 cm³/mol. The van der Waals surface area contributed by atoms with Crippen LogP contribution < -0.4 is 10.4 Å². The zero-order chi connectivity index (χ0) is 21.2. The summed E-state index contributed by atoms with van der Waals surface area (Å²) in [6.45, 7) is 6.90. The highest BCUT2D eigenvalue weighted by atomic mass is 35.5. The number of ether oxygens (including phenoxy) is 2. The molecule has 162 valence electrons. The van der Waals surface area contributed by atoms with Crippen LogP contribution in [0.4, 0.5) is 0 Å². The van der Waals surface area contributed by atoms with E-state index in [2.05, 4.69) is 9.80 Å². The number of benzene rings is 2. The van der Waals surface area contributed by atoms with Crippen LogP contribution in [0.3, 0.4) is 0 Å². The molecule has 0 aliphatic carbocycles. The molecule has 0 amide bonds. The Hall–Kier alpha value is -2.38. The summed E-state index contributed by atoms with van der Waals surface area (Å²) in [5.74, 6) is 0.791. The summed E-state index contributed by atoms with van der Waals surface area (Å²) >= 11 is 5.98. The van der Waals surface area contributed by atoms with E-state index >= 15 is 0 Å². The van der Waals surface area contributed by atoms with Gasteiger partial charge in [-0.05, 0) is 48.9 Å². The molecule has 7 heteroatoms. The molecule has 3 aromatic rings. The Kier molecular flexibility index (Phi) is 5.96. The van der Waals surface area contributed by atoms with Gasteiger partial charge < -0.3 is 13.9 Å². The van der Waals surface area contributed by atoms with Crippen molar-refractivity contribution in [1.29, 1.82) is 0 Å². The van der Waals surface area contributed by atoms with Gasteiger partial charge in [0.1, 0.15) is 18.1 Å². The maximum absolute atomic E-state index is 12.8. The molecule has 2 aliphatic heterocycles. The molecule has 31 heavy (non-hydrogen) atoms. The third kappa shape index (κ3) is 4.48. The molecule has 0 unspecified atom stereocenters. The molecule has 1 aromatic heterocycles. The van der Waals surface area contributed by atoms with Gasteiger partial charge in [0.05, 0.1) is 24.3 Å². The first kappa shape index (κ1) is 20.5. The van der Waals surface area contributed by atoms with E-state index in [0.29, 0.717) is 29.4 Å². The summed E-state index contributed by atoms with van der Waals surface area (Å²) in [6, 6.07) is 13.0. The smallest absolute Gasteiger partial charge is 0.344 e. The molecule has 3 heterocycles. The second-order valence-electron chi connectivity index (χ2n) is 8.05. The second-order valence-corrected chi connectivity index (χ2v) is 8.49. The number of hydrogen-bond acceptors (Lipinski definition) is 6. The quantitative estimate of drug-likeness (QED) is 0.559. The van der Waals surface area contributed by atoms with Crippen LogP contribution in [0.25, 0.3) is 22.1 Å². The van der Waals surface area contributed by atoms with Crippen molar-refractivity contribution in [3.8, 4) is 16.9 Å². The number of rotatable bonds is 5. The third-order valence-electron chi connectivity index (χ3n) is 5.95. The highest BCUT2D eigenvalue weighted by Crippen LogP contribution is 2.33. The van der Waals surface area contributed by atoms with Gasteiger partial charge in [-0.1, -0.05) is 23.7 Å². The maximum Gasteiger partial charge on any atom is 0.344 e. The number of halogens is 1. The minimum absolute atomic E-state index is 0.354. The number of nitrogens with zero attached hydrogens (tertiary/aromatic N) is 2. The molecular formula is C24H25ClN2O4. The Labute approximate surface area is 185 Å². The minimum Gasteiger partial charge on any atom is -0.478 e. The molecule has 2 aliphatic rings. The van der Waals surface area contributed by atoms with Gasteiger partial charge in [0.15, 0.2) is 0 Å². The molecule has 5 rings (SSSR count). The van der Waals surface area contributed by atoms with Crippen LogP contribution in [0.15, 0.2) is 51.7 Å². The van der Waals surface area contributed by atoms with Crippen LogP contribution in [-0.2, 0) is 11.3 Å². The number of hydrogen-bond donors (Lipinski definition) is 0. The predicted octanol–water partition coefficient (Wildman–Crippen LogP) is 3.99. The van der Waals surface area contributed by atoms with E-state index in [1.807, 2.05) is 30.3 Å². The molecule has 6 nitrogen and oxygen atoms in total. The van der Waals surface area contributed by atoms with Gasteiger partial charge in [-0.2, -0.15) is 0 Å². The Bertz CT molecular complexity index is 1120. The standard InChI is InChI=1S/C24H25ClN2O4/c25-19-5-2-17(3-6-19)20-14-18-4-7-22-21(23(18)31-24(20)28)15-27(16-30-22)9-1-8-26-10-12-29-13-11-26/h2-7,14H,1,8-13,15-16H2. The summed E-state index contributed by atoms with van der Waals surface area (Å²) in [4.78, 5) is 17.5. The van der Waals surface area contributed by atoms with Crippen molar-refractivity contribution in [2.75, 3.05) is 46.1 Å². The lowest BCUT2D eigenvalue weighted by Crippen LogP contribution is -2.39. The molecule has 0 bridgehead atoms. The van der Waals surface area contributed by atoms with E-state index in [4.69, 9.17) is 25.5 Å². The van der Waals surface area contributed by atoms with Crippen LogP contribution >= 0.6 is 11.6 Å². The number of morpholine rings is 1. The van der Waals surface area contributed by atoms with Crippen LogP contribution in [0.2, 0.25) is 5.02 Å². The Balaban J connectivity index is 1.35. The highest BCUT2D eigenvalue weighted by molar-refractivity contribution is 6.30. The van der Waals surface area contributed by atoms with Gasteiger partial charge in [0, 0.05) is 36.6 Å². The Morgan fingerprint density at radius 3 is 2.55 bits per heavy atom. The summed E-state index contributed by atoms with van der Waals surface area (Å²) in [6.07, 6.45) is 1.06. The van der Waals surface area contributed by atoms with Gasteiger partial charge in [0.2, 0.25) is 0 Å². The lowest BCUT2D eigenvalue weighted by molar-refractivity contribution is 0.0330.